The predicted molar refractivity (Wildman–Crippen MR) is 60.7 cm³/mol. The number of hydrogen-bond acceptors (Lipinski definition) is 2. The van der Waals surface area contributed by atoms with Crippen molar-refractivity contribution in [2.45, 2.75) is 6.92 Å². The summed E-state index contributed by atoms with van der Waals surface area (Å²) in [5.41, 5.74) is 1.90. The molecular formula is C11H10BrNO. The van der Waals surface area contributed by atoms with Crippen LogP contribution in [0.2, 0.25) is 0 Å². The molecule has 0 aliphatic heterocycles. The molecule has 0 saturated heterocycles. The Bertz CT molecular complexity index is 482. The van der Waals surface area contributed by atoms with Crippen molar-refractivity contribution in [1.82, 2.24) is 4.98 Å². The Labute approximate surface area is 91.0 Å². The number of aromatic nitrogens is 1. The zero-order valence-electron chi connectivity index (χ0n) is 8.04. The zero-order valence-corrected chi connectivity index (χ0v) is 9.63. The summed E-state index contributed by atoms with van der Waals surface area (Å²) in [5, 5.41) is 1.09. The highest BCUT2D eigenvalue weighted by molar-refractivity contribution is 9.10. The van der Waals surface area contributed by atoms with E-state index >= 15 is 0 Å². The first kappa shape index (κ1) is 9.46. The second-order valence-electron chi connectivity index (χ2n) is 3.11. The van der Waals surface area contributed by atoms with Gasteiger partial charge in [0.1, 0.15) is 5.75 Å². The van der Waals surface area contributed by atoms with Crippen LogP contribution >= 0.6 is 15.9 Å². The Hall–Kier alpha value is -1.09. The molecule has 0 radical (unpaired) electrons. The molecule has 2 aromatic rings. The minimum atomic E-state index is 0.833. The summed E-state index contributed by atoms with van der Waals surface area (Å²) in [6, 6.07) is 8.03. The van der Waals surface area contributed by atoms with Crippen molar-refractivity contribution in [3.63, 3.8) is 0 Å². The number of nitrogens with zero attached hydrogens (tertiary/aromatic N) is 1. The van der Waals surface area contributed by atoms with Gasteiger partial charge in [-0.05, 0) is 25.1 Å². The molecule has 0 aliphatic carbocycles. The van der Waals surface area contributed by atoms with Gasteiger partial charge < -0.3 is 4.74 Å². The average molecular weight is 252 g/mol. The van der Waals surface area contributed by atoms with Gasteiger partial charge in [0.05, 0.1) is 18.3 Å². The number of pyridine rings is 1. The molecule has 0 N–H and O–H groups in total. The second kappa shape index (κ2) is 3.58. The van der Waals surface area contributed by atoms with Crippen molar-refractivity contribution in [2.75, 3.05) is 7.11 Å². The standard InChI is InChI=1S/C11H10BrNO/c1-7-11(14-2)5-8-3-4-9(12)6-10(8)13-7/h3-6H,1-2H3. The Morgan fingerprint density at radius 1 is 1.29 bits per heavy atom. The van der Waals surface area contributed by atoms with E-state index in [-0.39, 0.29) is 0 Å². The number of aryl methyl sites for hydroxylation is 1. The van der Waals surface area contributed by atoms with E-state index in [1.165, 1.54) is 0 Å². The van der Waals surface area contributed by atoms with Crippen molar-refractivity contribution in [3.8, 4) is 5.75 Å². The molecule has 0 spiro atoms. The lowest BCUT2D eigenvalue weighted by Gasteiger charge is -2.05. The molecule has 0 aliphatic rings. The van der Waals surface area contributed by atoms with Crippen LogP contribution in [0.5, 0.6) is 5.75 Å². The van der Waals surface area contributed by atoms with Gasteiger partial charge in [-0.3, -0.25) is 0 Å². The number of ether oxygens (including phenoxy) is 1. The first-order valence-electron chi connectivity index (χ1n) is 4.31. The van der Waals surface area contributed by atoms with Gasteiger partial charge in [-0.2, -0.15) is 0 Å². The summed E-state index contributed by atoms with van der Waals surface area (Å²) in [7, 11) is 1.66. The highest BCUT2D eigenvalue weighted by Gasteiger charge is 2.02. The van der Waals surface area contributed by atoms with Crippen LogP contribution in [0.3, 0.4) is 0 Å². The molecule has 1 heterocycles. The molecule has 0 amide bonds. The molecule has 2 nitrogen and oxygen atoms in total. The van der Waals surface area contributed by atoms with Crippen molar-refractivity contribution < 1.29 is 4.74 Å². The number of rotatable bonds is 1. The summed E-state index contributed by atoms with van der Waals surface area (Å²) in [6.07, 6.45) is 0. The molecule has 0 unspecified atom stereocenters. The van der Waals surface area contributed by atoms with Crippen LogP contribution < -0.4 is 4.74 Å². The number of hydrogen-bond donors (Lipinski definition) is 0. The predicted octanol–water partition coefficient (Wildman–Crippen LogP) is 3.31. The number of halogens is 1. The highest BCUT2D eigenvalue weighted by Crippen LogP contribution is 2.24. The average Bonchev–Trinajstić information content (AvgIpc) is 2.16. The second-order valence-corrected chi connectivity index (χ2v) is 4.03. The topological polar surface area (TPSA) is 22.1 Å². The van der Waals surface area contributed by atoms with Gasteiger partial charge in [0.15, 0.2) is 0 Å². The van der Waals surface area contributed by atoms with E-state index < -0.39 is 0 Å². The van der Waals surface area contributed by atoms with Gasteiger partial charge in [-0.25, -0.2) is 4.98 Å². The summed E-state index contributed by atoms with van der Waals surface area (Å²) < 4.78 is 6.25. The van der Waals surface area contributed by atoms with Gasteiger partial charge in [0, 0.05) is 9.86 Å². The van der Waals surface area contributed by atoms with Gasteiger partial charge in [0.25, 0.3) is 0 Å². The van der Waals surface area contributed by atoms with Gasteiger partial charge in [-0.1, -0.05) is 22.0 Å². The van der Waals surface area contributed by atoms with Crippen LogP contribution in [-0.4, -0.2) is 12.1 Å². The third kappa shape index (κ3) is 1.60. The number of fused-ring (bicyclic) bond motifs is 1. The lowest BCUT2D eigenvalue weighted by Crippen LogP contribution is -1.91. The summed E-state index contributed by atoms with van der Waals surface area (Å²) in [5.74, 6) is 0.833. The molecule has 1 aromatic carbocycles. The minimum absolute atomic E-state index is 0.833. The fourth-order valence-corrected chi connectivity index (χ4v) is 1.77. The maximum Gasteiger partial charge on any atom is 0.140 e. The SMILES string of the molecule is COc1cc2ccc(Br)cc2nc1C. The largest absolute Gasteiger partial charge is 0.495 e. The fraction of sp³-hybridized carbons (Fsp3) is 0.182. The van der Waals surface area contributed by atoms with E-state index in [0.717, 1.165) is 26.8 Å². The summed E-state index contributed by atoms with van der Waals surface area (Å²) in [6.45, 7) is 1.94. The maximum absolute atomic E-state index is 5.21. The molecule has 14 heavy (non-hydrogen) atoms. The van der Waals surface area contributed by atoms with E-state index in [4.69, 9.17) is 4.74 Å². The van der Waals surface area contributed by atoms with Crippen molar-refractivity contribution in [1.29, 1.82) is 0 Å². The van der Waals surface area contributed by atoms with Crippen LogP contribution in [0.4, 0.5) is 0 Å². The van der Waals surface area contributed by atoms with Crippen LogP contribution in [0.15, 0.2) is 28.7 Å². The summed E-state index contributed by atoms with van der Waals surface area (Å²) in [4.78, 5) is 4.45. The Morgan fingerprint density at radius 3 is 2.79 bits per heavy atom. The van der Waals surface area contributed by atoms with Crippen molar-refractivity contribution in [2.24, 2.45) is 0 Å². The molecule has 0 atom stereocenters. The zero-order chi connectivity index (χ0) is 10.1. The van der Waals surface area contributed by atoms with Crippen LogP contribution in [-0.2, 0) is 0 Å². The molecule has 0 fully saturated rings. The monoisotopic (exact) mass is 251 g/mol. The van der Waals surface area contributed by atoms with E-state index in [2.05, 4.69) is 20.9 Å². The van der Waals surface area contributed by atoms with Crippen molar-refractivity contribution in [3.05, 3.63) is 34.4 Å². The van der Waals surface area contributed by atoms with E-state index in [1.807, 2.05) is 31.2 Å². The molecule has 0 bridgehead atoms. The molecule has 2 rings (SSSR count). The molecule has 72 valence electrons. The van der Waals surface area contributed by atoms with Gasteiger partial charge in [-0.15, -0.1) is 0 Å². The smallest absolute Gasteiger partial charge is 0.140 e. The summed E-state index contributed by atoms with van der Waals surface area (Å²) >= 11 is 3.42. The maximum atomic E-state index is 5.21. The third-order valence-electron chi connectivity index (χ3n) is 2.14. The van der Waals surface area contributed by atoms with E-state index in [0.29, 0.717) is 0 Å². The van der Waals surface area contributed by atoms with E-state index in [9.17, 15) is 0 Å². The van der Waals surface area contributed by atoms with E-state index in [1.54, 1.807) is 7.11 Å². The third-order valence-corrected chi connectivity index (χ3v) is 2.64. The fourth-order valence-electron chi connectivity index (χ4n) is 1.42. The molecule has 0 saturated carbocycles. The Balaban J connectivity index is 2.73. The molecular weight excluding hydrogens is 242 g/mol. The first-order chi connectivity index (χ1) is 6.70. The minimum Gasteiger partial charge on any atom is -0.495 e. The van der Waals surface area contributed by atoms with Crippen molar-refractivity contribution >= 4 is 26.8 Å². The van der Waals surface area contributed by atoms with Crippen LogP contribution in [0, 0.1) is 6.92 Å². The van der Waals surface area contributed by atoms with Crippen LogP contribution in [0.1, 0.15) is 5.69 Å². The van der Waals surface area contributed by atoms with Crippen LogP contribution in [0.25, 0.3) is 10.9 Å². The first-order valence-corrected chi connectivity index (χ1v) is 5.11. The lowest BCUT2D eigenvalue weighted by molar-refractivity contribution is 0.410. The molecule has 3 heteroatoms. The normalized spacial score (nSPS) is 10.5. The number of methoxy groups -OCH3 is 1. The Kier molecular flexibility index (Phi) is 2.42. The highest BCUT2D eigenvalue weighted by atomic mass is 79.9. The molecule has 1 aromatic heterocycles. The quantitative estimate of drug-likeness (QED) is 0.776. The Morgan fingerprint density at radius 2 is 2.07 bits per heavy atom. The van der Waals surface area contributed by atoms with Gasteiger partial charge in [0.2, 0.25) is 0 Å². The number of benzene rings is 1. The lowest BCUT2D eigenvalue weighted by atomic mass is 10.2. The van der Waals surface area contributed by atoms with Gasteiger partial charge >= 0.3 is 0 Å².